The van der Waals surface area contributed by atoms with Gasteiger partial charge in [0.25, 0.3) is 0 Å². The van der Waals surface area contributed by atoms with E-state index in [4.69, 9.17) is 4.74 Å². The Morgan fingerprint density at radius 3 is 2.30 bits per heavy atom. The van der Waals surface area contributed by atoms with Crippen LogP contribution in [0.1, 0.15) is 0 Å². The van der Waals surface area contributed by atoms with E-state index in [9.17, 15) is 9.59 Å². The zero-order chi connectivity index (χ0) is 19.0. The van der Waals surface area contributed by atoms with Gasteiger partial charge in [-0.05, 0) is 15.9 Å². The van der Waals surface area contributed by atoms with Crippen molar-refractivity contribution in [2.24, 2.45) is 7.05 Å². The van der Waals surface area contributed by atoms with Crippen LogP contribution in [-0.4, -0.2) is 93.8 Å². The second kappa shape index (κ2) is 7.39. The smallest absolute Gasteiger partial charge is 0.312 e. The number of hydrogen-bond donors (Lipinski definition) is 0. The van der Waals surface area contributed by atoms with E-state index < -0.39 is 11.8 Å². The lowest BCUT2D eigenvalue weighted by atomic mass is 10.2. The van der Waals surface area contributed by atoms with E-state index in [1.54, 1.807) is 14.5 Å². The quantitative estimate of drug-likeness (QED) is 0.561. The fourth-order valence-corrected chi connectivity index (χ4v) is 4.02. The summed E-state index contributed by atoms with van der Waals surface area (Å²) >= 11 is 3.47. The molecule has 10 nitrogen and oxygen atoms in total. The lowest BCUT2D eigenvalue weighted by Crippen LogP contribution is -2.54. The van der Waals surface area contributed by atoms with Gasteiger partial charge in [-0.3, -0.25) is 9.59 Å². The van der Waals surface area contributed by atoms with Gasteiger partial charge in [-0.15, -0.1) is 0 Å². The topological polar surface area (TPSA) is 96.7 Å². The van der Waals surface area contributed by atoms with Crippen LogP contribution in [0.4, 0.5) is 5.82 Å². The average molecular weight is 438 g/mol. The number of rotatable bonds is 1. The zero-order valence-electron chi connectivity index (χ0n) is 15.0. The Kier molecular flexibility index (Phi) is 4.96. The maximum Gasteiger partial charge on any atom is 0.312 e. The van der Waals surface area contributed by atoms with Crippen LogP contribution < -0.4 is 4.90 Å². The van der Waals surface area contributed by atoms with Gasteiger partial charge in [0.1, 0.15) is 16.7 Å². The molecule has 2 aliphatic heterocycles. The van der Waals surface area contributed by atoms with Gasteiger partial charge in [-0.2, -0.15) is 5.10 Å². The van der Waals surface area contributed by atoms with Gasteiger partial charge in [0, 0.05) is 46.3 Å². The van der Waals surface area contributed by atoms with Gasteiger partial charge in [0.15, 0.2) is 5.65 Å². The number of ether oxygens (including phenoxy) is 1. The van der Waals surface area contributed by atoms with Crippen LogP contribution in [0, 0.1) is 0 Å². The molecule has 0 atom stereocenters. The van der Waals surface area contributed by atoms with E-state index in [0.717, 1.165) is 16.9 Å². The minimum atomic E-state index is -0.439. The summed E-state index contributed by atoms with van der Waals surface area (Å²) in [5.41, 5.74) is 0.743. The predicted molar refractivity (Wildman–Crippen MR) is 100 cm³/mol. The van der Waals surface area contributed by atoms with Crippen LogP contribution in [-0.2, 0) is 21.4 Å². The Hall–Kier alpha value is -2.27. The summed E-state index contributed by atoms with van der Waals surface area (Å²) in [7, 11) is 1.83. The fourth-order valence-electron chi connectivity index (χ4n) is 3.42. The van der Waals surface area contributed by atoms with Crippen LogP contribution in [0.2, 0.25) is 0 Å². The molecule has 4 rings (SSSR count). The van der Waals surface area contributed by atoms with Crippen molar-refractivity contribution in [2.45, 2.75) is 0 Å². The monoisotopic (exact) mass is 437 g/mol. The molecule has 2 aromatic heterocycles. The molecule has 0 bridgehead atoms. The standard InChI is InChI=1S/C16H20BrN7O3/c1-21-13-11(12(17)20-21)14(19-10-18-13)22-2-4-23(5-3-22)15(25)16(26)24-6-8-27-9-7-24/h10H,2-9H2,1H3. The highest BCUT2D eigenvalue weighted by Crippen LogP contribution is 2.29. The van der Waals surface area contributed by atoms with Gasteiger partial charge < -0.3 is 19.4 Å². The number of morpholine rings is 1. The van der Waals surface area contributed by atoms with E-state index in [2.05, 4.69) is 35.9 Å². The molecule has 2 aromatic rings. The summed E-state index contributed by atoms with van der Waals surface area (Å²) in [4.78, 5) is 38.9. The first-order chi connectivity index (χ1) is 13.1. The minimum absolute atomic E-state index is 0.438. The number of hydrogen-bond acceptors (Lipinski definition) is 7. The zero-order valence-corrected chi connectivity index (χ0v) is 16.6. The predicted octanol–water partition coefficient (Wildman–Crippen LogP) is -0.367. The molecular weight excluding hydrogens is 418 g/mol. The lowest BCUT2D eigenvalue weighted by molar-refractivity contribution is -0.154. The third-order valence-electron chi connectivity index (χ3n) is 4.91. The summed E-state index contributed by atoms with van der Waals surface area (Å²) in [5, 5.41) is 5.19. The van der Waals surface area contributed by atoms with Gasteiger partial charge in [-0.25, -0.2) is 14.6 Å². The normalized spacial score (nSPS) is 18.2. The number of halogens is 1. The fraction of sp³-hybridized carbons (Fsp3) is 0.562. The number of fused-ring (bicyclic) bond motifs is 1. The Labute approximate surface area is 164 Å². The Morgan fingerprint density at radius 2 is 1.63 bits per heavy atom. The largest absolute Gasteiger partial charge is 0.378 e. The highest BCUT2D eigenvalue weighted by atomic mass is 79.9. The van der Waals surface area contributed by atoms with E-state index >= 15 is 0 Å². The number of amides is 2. The molecule has 2 amide bonds. The molecule has 0 unspecified atom stereocenters. The number of carbonyl (C=O) groups is 2. The molecular formula is C16H20BrN7O3. The molecule has 0 saturated carbocycles. The van der Waals surface area contributed by atoms with Crippen molar-refractivity contribution in [1.29, 1.82) is 0 Å². The number of piperazine rings is 1. The summed E-state index contributed by atoms with van der Waals surface area (Å²) in [5.74, 6) is -0.0929. The third kappa shape index (κ3) is 3.36. The van der Waals surface area contributed by atoms with Gasteiger partial charge >= 0.3 is 11.8 Å². The van der Waals surface area contributed by atoms with Crippen molar-refractivity contribution in [1.82, 2.24) is 29.5 Å². The Morgan fingerprint density at radius 1 is 1.00 bits per heavy atom. The Balaban J connectivity index is 1.45. The van der Waals surface area contributed by atoms with Crippen molar-refractivity contribution in [3.63, 3.8) is 0 Å². The molecule has 11 heteroatoms. The van der Waals surface area contributed by atoms with E-state index in [-0.39, 0.29) is 0 Å². The first kappa shape index (κ1) is 18.1. The molecule has 0 spiro atoms. The van der Waals surface area contributed by atoms with Crippen LogP contribution in [0.25, 0.3) is 11.0 Å². The maximum absolute atomic E-state index is 12.5. The molecule has 2 fully saturated rings. The molecule has 4 heterocycles. The van der Waals surface area contributed by atoms with Gasteiger partial charge in [0.05, 0.1) is 18.6 Å². The van der Waals surface area contributed by atoms with E-state index in [1.807, 2.05) is 7.05 Å². The van der Waals surface area contributed by atoms with Gasteiger partial charge in [-0.1, -0.05) is 0 Å². The molecule has 2 aliphatic rings. The molecule has 0 aromatic carbocycles. The van der Waals surface area contributed by atoms with Crippen LogP contribution in [0.15, 0.2) is 10.9 Å². The van der Waals surface area contributed by atoms with E-state index in [1.165, 1.54) is 6.33 Å². The summed E-state index contributed by atoms with van der Waals surface area (Å²) in [6, 6.07) is 0. The SMILES string of the molecule is Cn1nc(Br)c2c(N3CCN(C(=O)C(=O)N4CCOCC4)CC3)ncnc21. The average Bonchev–Trinajstić information content (AvgIpc) is 3.01. The van der Waals surface area contributed by atoms with Crippen molar-refractivity contribution >= 4 is 44.6 Å². The highest BCUT2D eigenvalue weighted by Gasteiger charge is 2.31. The first-order valence-electron chi connectivity index (χ1n) is 8.80. The molecule has 27 heavy (non-hydrogen) atoms. The Bertz CT molecular complexity index is 872. The first-order valence-corrected chi connectivity index (χ1v) is 9.59. The summed E-state index contributed by atoms with van der Waals surface area (Å²) in [6.45, 7) is 4.03. The third-order valence-corrected chi connectivity index (χ3v) is 5.46. The van der Waals surface area contributed by atoms with Crippen molar-refractivity contribution in [3.05, 3.63) is 10.9 Å². The molecule has 0 aliphatic carbocycles. The number of aryl methyl sites for hydroxylation is 1. The van der Waals surface area contributed by atoms with Gasteiger partial charge in [0.2, 0.25) is 0 Å². The van der Waals surface area contributed by atoms with E-state index in [0.29, 0.717) is 57.1 Å². The molecule has 2 saturated heterocycles. The highest BCUT2D eigenvalue weighted by molar-refractivity contribution is 9.10. The second-order valence-electron chi connectivity index (χ2n) is 6.49. The van der Waals surface area contributed by atoms with Crippen LogP contribution in [0.3, 0.4) is 0 Å². The number of aromatic nitrogens is 4. The van der Waals surface area contributed by atoms with Crippen LogP contribution in [0.5, 0.6) is 0 Å². The second-order valence-corrected chi connectivity index (χ2v) is 7.25. The number of carbonyl (C=O) groups excluding carboxylic acids is 2. The molecule has 0 N–H and O–H groups in total. The number of nitrogens with zero attached hydrogens (tertiary/aromatic N) is 7. The summed E-state index contributed by atoms with van der Waals surface area (Å²) in [6.07, 6.45) is 1.52. The molecule has 0 radical (unpaired) electrons. The number of anilines is 1. The van der Waals surface area contributed by atoms with Crippen molar-refractivity contribution < 1.29 is 14.3 Å². The maximum atomic E-state index is 12.5. The summed E-state index contributed by atoms with van der Waals surface area (Å²) < 4.78 is 7.63. The van der Waals surface area contributed by atoms with Crippen LogP contribution >= 0.6 is 15.9 Å². The van der Waals surface area contributed by atoms with Crippen molar-refractivity contribution in [3.8, 4) is 0 Å². The minimum Gasteiger partial charge on any atom is -0.378 e. The molecule has 144 valence electrons. The lowest BCUT2D eigenvalue weighted by Gasteiger charge is -2.36. The van der Waals surface area contributed by atoms with Crippen molar-refractivity contribution in [2.75, 3.05) is 57.4 Å².